The maximum atomic E-state index is 5.56. The molecule has 1 aromatic heterocycles. The number of fused-ring (bicyclic) bond motifs is 1. The molecule has 0 amide bonds. The summed E-state index contributed by atoms with van der Waals surface area (Å²) in [7, 11) is 0. The largest absolute Gasteiger partial charge is 0.486 e. The third kappa shape index (κ3) is 1.93. The molecule has 5 heteroatoms. The standard InChI is InChI=1S/C13H14N2O3/c14-4-3-10-8-18-15-13(10)9-1-2-11-12(7-9)17-6-5-16-11/h1-2,7-8H,3-6,14H2. The van der Waals surface area contributed by atoms with E-state index >= 15 is 0 Å². The van der Waals surface area contributed by atoms with Gasteiger partial charge in [-0.2, -0.15) is 0 Å². The molecular weight excluding hydrogens is 232 g/mol. The lowest BCUT2D eigenvalue weighted by Crippen LogP contribution is -2.15. The monoisotopic (exact) mass is 246 g/mol. The quantitative estimate of drug-likeness (QED) is 0.891. The molecule has 1 aliphatic rings. The third-order valence-corrected chi connectivity index (χ3v) is 2.87. The van der Waals surface area contributed by atoms with Gasteiger partial charge in [-0.1, -0.05) is 5.16 Å². The first-order valence-electron chi connectivity index (χ1n) is 5.92. The SMILES string of the molecule is NCCc1conc1-c1ccc2c(c1)OCCO2. The number of aromatic nitrogens is 1. The van der Waals surface area contributed by atoms with E-state index in [1.54, 1.807) is 6.26 Å². The predicted octanol–water partition coefficient (Wildman–Crippen LogP) is 1.61. The molecule has 1 aromatic carbocycles. The predicted molar refractivity (Wildman–Crippen MR) is 65.7 cm³/mol. The van der Waals surface area contributed by atoms with Gasteiger partial charge in [-0.05, 0) is 31.2 Å². The first kappa shape index (κ1) is 11.1. The molecular formula is C13H14N2O3. The minimum absolute atomic E-state index is 0.568. The second-order valence-electron chi connectivity index (χ2n) is 4.09. The molecule has 0 unspecified atom stereocenters. The van der Waals surface area contributed by atoms with Gasteiger partial charge in [-0.25, -0.2) is 0 Å². The summed E-state index contributed by atoms with van der Waals surface area (Å²) in [6, 6.07) is 5.77. The van der Waals surface area contributed by atoms with E-state index in [1.807, 2.05) is 18.2 Å². The maximum absolute atomic E-state index is 5.56. The van der Waals surface area contributed by atoms with Crippen LogP contribution in [0.4, 0.5) is 0 Å². The molecule has 2 heterocycles. The fraction of sp³-hybridized carbons (Fsp3) is 0.308. The fourth-order valence-electron chi connectivity index (χ4n) is 2.02. The van der Waals surface area contributed by atoms with Crippen LogP contribution in [0.1, 0.15) is 5.56 Å². The maximum Gasteiger partial charge on any atom is 0.162 e. The van der Waals surface area contributed by atoms with Crippen LogP contribution in [0.15, 0.2) is 29.0 Å². The van der Waals surface area contributed by atoms with E-state index in [0.717, 1.165) is 34.7 Å². The summed E-state index contributed by atoms with van der Waals surface area (Å²) in [4.78, 5) is 0. The van der Waals surface area contributed by atoms with Gasteiger partial charge in [0.2, 0.25) is 0 Å². The van der Waals surface area contributed by atoms with Crippen molar-refractivity contribution in [3.05, 3.63) is 30.0 Å². The van der Waals surface area contributed by atoms with Crippen molar-refractivity contribution in [3.63, 3.8) is 0 Å². The minimum atomic E-state index is 0.568. The van der Waals surface area contributed by atoms with Gasteiger partial charge in [-0.3, -0.25) is 0 Å². The van der Waals surface area contributed by atoms with Crippen LogP contribution in [0.3, 0.4) is 0 Å². The molecule has 0 radical (unpaired) electrons. The Balaban J connectivity index is 1.98. The van der Waals surface area contributed by atoms with Crippen molar-refractivity contribution in [2.45, 2.75) is 6.42 Å². The van der Waals surface area contributed by atoms with E-state index < -0.39 is 0 Å². The molecule has 0 saturated heterocycles. The first-order valence-corrected chi connectivity index (χ1v) is 5.92. The molecule has 94 valence electrons. The van der Waals surface area contributed by atoms with Crippen molar-refractivity contribution in [1.29, 1.82) is 0 Å². The van der Waals surface area contributed by atoms with Crippen molar-refractivity contribution in [1.82, 2.24) is 5.16 Å². The highest BCUT2D eigenvalue weighted by molar-refractivity contribution is 5.66. The number of rotatable bonds is 3. The molecule has 0 aliphatic carbocycles. The Morgan fingerprint density at radius 2 is 2.00 bits per heavy atom. The van der Waals surface area contributed by atoms with Crippen LogP contribution >= 0.6 is 0 Å². The third-order valence-electron chi connectivity index (χ3n) is 2.87. The number of benzene rings is 1. The van der Waals surface area contributed by atoms with Gasteiger partial charge in [0.05, 0.1) is 0 Å². The zero-order valence-corrected chi connectivity index (χ0v) is 9.89. The Labute approximate surface area is 104 Å². The van der Waals surface area contributed by atoms with Crippen LogP contribution in [0.5, 0.6) is 11.5 Å². The van der Waals surface area contributed by atoms with Crippen molar-refractivity contribution >= 4 is 0 Å². The van der Waals surface area contributed by atoms with Crippen LogP contribution in [-0.2, 0) is 6.42 Å². The average molecular weight is 246 g/mol. The number of hydrogen-bond donors (Lipinski definition) is 1. The Bertz CT molecular complexity index is 551. The summed E-state index contributed by atoms with van der Waals surface area (Å²) in [5, 5.41) is 4.03. The first-order chi connectivity index (χ1) is 8.88. The van der Waals surface area contributed by atoms with Crippen LogP contribution in [0.2, 0.25) is 0 Å². The van der Waals surface area contributed by atoms with Crippen LogP contribution in [-0.4, -0.2) is 24.9 Å². The van der Waals surface area contributed by atoms with E-state index in [0.29, 0.717) is 19.8 Å². The molecule has 18 heavy (non-hydrogen) atoms. The van der Waals surface area contributed by atoms with Crippen LogP contribution < -0.4 is 15.2 Å². The smallest absolute Gasteiger partial charge is 0.162 e. The highest BCUT2D eigenvalue weighted by atomic mass is 16.6. The Kier molecular flexibility index (Phi) is 2.90. The van der Waals surface area contributed by atoms with Crippen molar-refractivity contribution in [2.75, 3.05) is 19.8 Å². The second kappa shape index (κ2) is 4.70. The molecule has 0 atom stereocenters. The lowest BCUT2D eigenvalue weighted by molar-refractivity contribution is 0.171. The van der Waals surface area contributed by atoms with Gasteiger partial charge < -0.3 is 19.7 Å². The zero-order chi connectivity index (χ0) is 12.4. The molecule has 2 aromatic rings. The molecule has 0 fully saturated rings. The van der Waals surface area contributed by atoms with E-state index in [2.05, 4.69) is 5.16 Å². The Hall–Kier alpha value is -2.01. The van der Waals surface area contributed by atoms with Gasteiger partial charge >= 0.3 is 0 Å². The Morgan fingerprint density at radius 1 is 1.17 bits per heavy atom. The van der Waals surface area contributed by atoms with Gasteiger partial charge in [0, 0.05) is 11.1 Å². The van der Waals surface area contributed by atoms with Crippen molar-refractivity contribution < 1.29 is 14.0 Å². The number of nitrogens with zero attached hydrogens (tertiary/aromatic N) is 1. The minimum Gasteiger partial charge on any atom is -0.486 e. The average Bonchev–Trinajstić information content (AvgIpc) is 2.87. The highest BCUT2D eigenvalue weighted by Gasteiger charge is 2.15. The normalized spacial score (nSPS) is 13.6. The second-order valence-corrected chi connectivity index (χ2v) is 4.09. The van der Waals surface area contributed by atoms with Gasteiger partial charge in [0.25, 0.3) is 0 Å². The molecule has 5 nitrogen and oxygen atoms in total. The molecule has 0 saturated carbocycles. The molecule has 1 aliphatic heterocycles. The summed E-state index contributed by atoms with van der Waals surface area (Å²) < 4.78 is 16.1. The summed E-state index contributed by atoms with van der Waals surface area (Å²) in [5.74, 6) is 1.52. The summed E-state index contributed by atoms with van der Waals surface area (Å²) in [6.45, 7) is 1.73. The summed E-state index contributed by atoms with van der Waals surface area (Å²) in [6.07, 6.45) is 2.38. The van der Waals surface area contributed by atoms with Gasteiger partial charge in [-0.15, -0.1) is 0 Å². The van der Waals surface area contributed by atoms with Crippen molar-refractivity contribution in [3.8, 4) is 22.8 Å². The van der Waals surface area contributed by atoms with Crippen LogP contribution in [0.25, 0.3) is 11.3 Å². The Morgan fingerprint density at radius 3 is 2.83 bits per heavy atom. The van der Waals surface area contributed by atoms with E-state index in [9.17, 15) is 0 Å². The number of hydrogen-bond acceptors (Lipinski definition) is 5. The highest BCUT2D eigenvalue weighted by Crippen LogP contribution is 2.35. The number of nitrogens with two attached hydrogens (primary N) is 1. The fourth-order valence-corrected chi connectivity index (χ4v) is 2.02. The molecule has 0 spiro atoms. The summed E-state index contributed by atoms with van der Waals surface area (Å²) >= 11 is 0. The molecule has 0 bridgehead atoms. The zero-order valence-electron chi connectivity index (χ0n) is 9.89. The topological polar surface area (TPSA) is 70.5 Å². The van der Waals surface area contributed by atoms with Crippen LogP contribution in [0, 0.1) is 0 Å². The summed E-state index contributed by atoms with van der Waals surface area (Å²) in [5.41, 5.74) is 8.34. The van der Waals surface area contributed by atoms with Gasteiger partial charge in [0.1, 0.15) is 25.2 Å². The van der Waals surface area contributed by atoms with Crippen molar-refractivity contribution in [2.24, 2.45) is 5.73 Å². The lowest BCUT2D eigenvalue weighted by atomic mass is 10.1. The van der Waals surface area contributed by atoms with E-state index in [1.165, 1.54) is 0 Å². The lowest BCUT2D eigenvalue weighted by Gasteiger charge is -2.18. The van der Waals surface area contributed by atoms with E-state index in [-0.39, 0.29) is 0 Å². The molecule has 3 rings (SSSR count). The van der Waals surface area contributed by atoms with E-state index in [4.69, 9.17) is 19.7 Å². The number of ether oxygens (including phenoxy) is 2. The molecule has 2 N–H and O–H groups in total. The van der Waals surface area contributed by atoms with Gasteiger partial charge in [0.15, 0.2) is 11.5 Å².